The van der Waals surface area contributed by atoms with Gasteiger partial charge in [-0.05, 0) is 18.6 Å². The number of aryl methyl sites for hydroxylation is 1. The zero-order valence-corrected chi connectivity index (χ0v) is 9.34. The number of fused-ring (bicyclic) bond motifs is 1. The van der Waals surface area contributed by atoms with Crippen molar-refractivity contribution in [1.29, 1.82) is 0 Å². The molecule has 0 spiro atoms. The van der Waals surface area contributed by atoms with Crippen LogP contribution in [-0.2, 0) is 6.18 Å². The van der Waals surface area contributed by atoms with E-state index in [4.69, 9.17) is 12.2 Å². The molecule has 0 aromatic carbocycles. The lowest BCUT2D eigenvalue weighted by Gasteiger charge is -2.08. The Balaban J connectivity index is 2.83. The van der Waals surface area contributed by atoms with E-state index in [-0.39, 0.29) is 15.7 Å². The Kier molecular flexibility index (Phi) is 2.65. The lowest BCUT2D eigenvalue weighted by Crippen LogP contribution is -2.09. The molecular weight excluding hydrogens is 256 g/mol. The number of H-pyrrole nitrogens is 1. The Morgan fingerprint density at radius 2 is 1.94 bits per heavy atom. The van der Waals surface area contributed by atoms with Crippen LogP contribution in [0.5, 0.6) is 0 Å². The molecule has 0 atom stereocenters. The topological polar surface area (TPSA) is 28.7 Å². The maximum Gasteiger partial charge on any atom is 0.433 e. The van der Waals surface area contributed by atoms with Gasteiger partial charge in [0.2, 0.25) is 0 Å². The molecule has 0 aliphatic rings. The molecule has 7 heteroatoms. The number of aromatic nitrogens is 2. The van der Waals surface area contributed by atoms with Crippen molar-refractivity contribution in [1.82, 2.24) is 9.97 Å². The summed E-state index contributed by atoms with van der Waals surface area (Å²) in [5.41, 5.74) is -0.905. The molecule has 0 saturated heterocycles. The maximum atomic E-state index is 13.5. The van der Waals surface area contributed by atoms with Gasteiger partial charge in [-0.1, -0.05) is 12.2 Å². The standard InChI is InChI=1S/C10H6F4N2S/c1-4-2-5-6(11)3-7(10(12,13)14)15-8(5)16-9(4)17/h2-3H,1H3,(H,15,16,17). The zero-order valence-electron chi connectivity index (χ0n) is 8.52. The third-order valence-electron chi connectivity index (χ3n) is 2.25. The van der Waals surface area contributed by atoms with Crippen molar-refractivity contribution in [3.05, 3.63) is 33.8 Å². The van der Waals surface area contributed by atoms with Crippen LogP contribution in [-0.4, -0.2) is 9.97 Å². The number of pyridine rings is 2. The van der Waals surface area contributed by atoms with E-state index in [1.54, 1.807) is 6.92 Å². The molecule has 0 radical (unpaired) electrons. The quantitative estimate of drug-likeness (QED) is 0.578. The highest BCUT2D eigenvalue weighted by molar-refractivity contribution is 7.71. The summed E-state index contributed by atoms with van der Waals surface area (Å²) in [5, 5.41) is -0.0101. The predicted molar refractivity (Wildman–Crippen MR) is 56.6 cm³/mol. The third kappa shape index (κ3) is 2.14. The summed E-state index contributed by atoms with van der Waals surface area (Å²) in [4.78, 5) is 5.80. The SMILES string of the molecule is Cc1cc2c(F)cc(C(F)(F)F)nc2[nH]c1=S. The average Bonchev–Trinajstić information content (AvgIpc) is 2.19. The monoisotopic (exact) mass is 262 g/mol. The first-order chi connectivity index (χ1) is 7.79. The summed E-state index contributed by atoms with van der Waals surface area (Å²) in [6.07, 6.45) is -4.69. The van der Waals surface area contributed by atoms with E-state index >= 15 is 0 Å². The molecule has 2 aromatic heterocycles. The number of nitrogens with zero attached hydrogens (tertiary/aromatic N) is 1. The Bertz CT molecular complexity index is 645. The Morgan fingerprint density at radius 3 is 2.53 bits per heavy atom. The molecule has 0 fully saturated rings. The molecule has 2 nitrogen and oxygen atoms in total. The molecule has 2 heterocycles. The van der Waals surface area contributed by atoms with Crippen LogP contribution in [0.1, 0.15) is 11.3 Å². The van der Waals surface area contributed by atoms with Crippen molar-refractivity contribution in [3.63, 3.8) is 0 Å². The molecule has 0 saturated carbocycles. The fourth-order valence-corrected chi connectivity index (χ4v) is 1.55. The first-order valence-corrected chi connectivity index (χ1v) is 4.97. The minimum atomic E-state index is -4.69. The zero-order chi connectivity index (χ0) is 12.8. The number of aromatic amines is 1. The van der Waals surface area contributed by atoms with Crippen molar-refractivity contribution in [2.45, 2.75) is 13.1 Å². The van der Waals surface area contributed by atoms with Gasteiger partial charge in [-0.15, -0.1) is 0 Å². The molecule has 17 heavy (non-hydrogen) atoms. The van der Waals surface area contributed by atoms with Gasteiger partial charge in [0, 0.05) is 6.07 Å². The largest absolute Gasteiger partial charge is 0.433 e. The van der Waals surface area contributed by atoms with Crippen molar-refractivity contribution in [2.24, 2.45) is 0 Å². The minimum absolute atomic E-state index is 0.0101. The van der Waals surface area contributed by atoms with Crippen LogP contribution >= 0.6 is 12.2 Å². The summed E-state index contributed by atoms with van der Waals surface area (Å²) in [6, 6.07) is 1.75. The molecule has 0 bridgehead atoms. The highest BCUT2D eigenvalue weighted by Crippen LogP contribution is 2.30. The molecule has 0 aliphatic carbocycles. The van der Waals surface area contributed by atoms with Crippen molar-refractivity contribution < 1.29 is 17.6 Å². The van der Waals surface area contributed by atoms with Gasteiger partial charge in [0.25, 0.3) is 0 Å². The van der Waals surface area contributed by atoms with Gasteiger partial charge >= 0.3 is 6.18 Å². The highest BCUT2D eigenvalue weighted by atomic mass is 32.1. The number of alkyl halides is 3. The van der Waals surface area contributed by atoms with E-state index in [1.165, 1.54) is 6.07 Å². The summed E-state index contributed by atoms with van der Waals surface area (Å²) in [6.45, 7) is 1.63. The first-order valence-electron chi connectivity index (χ1n) is 4.56. The number of nitrogens with one attached hydrogen (secondary N) is 1. The molecule has 1 N–H and O–H groups in total. The molecular formula is C10H6F4N2S. The molecule has 2 aromatic rings. The second kappa shape index (κ2) is 3.76. The van der Waals surface area contributed by atoms with Crippen LogP contribution in [0.25, 0.3) is 11.0 Å². The Morgan fingerprint density at radius 1 is 1.29 bits per heavy atom. The van der Waals surface area contributed by atoms with Gasteiger partial charge in [0.1, 0.15) is 21.8 Å². The Labute approximate surface area is 98.3 Å². The summed E-state index contributed by atoms with van der Waals surface area (Å²) < 4.78 is 51.0. The maximum absolute atomic E-state index is 13.5. The first kappa shape index (κ1) is 12.0. The number of halogens is 4. The molecule has 0 unspecified atom stereocenters. The van der Waals surface area contributed by atoms with Crippen molar-refractivity contribution in [3.8, 4) is 0 Å². The summed E-state index contributed by atoms with van der Waals surface area (Å²) in [7, 11) is 0. The number of rotatable bonds is 0. The molecule has 0 amide bonds. The van der Waals surface area contributed by atoms with Crippen LogP contribution in [0, 0.1) is 17.4 Å². The van der Waals surface area contributed by atoms with E-state index in [1.807, 2.05) is 0 Å². The predicted octanol–water partition coefficient (Wildman–Crippen LogP) is 3.76. The summed E-state index contributed by atoms with van der Waals surface area (Å²) >= 11 is 4.86. The van der Waals surface area contributed by atoms with E-state index in [0.717, 1.165) is 0 Å². The van der Waals surface area contributed by atoms with Crippen LogP contribution in [0.2, 0.25) is 0 Å². The van der Waals surface area contributed by atoms with E-state index in [0.29, 0.717) is 11.6 Å². The van der Waals surface area contributed by atoms with E-state index in [9.17, 15) is 17.6 Å². The van der Waals surface area contributed by atoms with Gasteiger partial charge in [0.15, 0.2) is 0 Å². The van der Waals surface area contributed by atoms with Gasteiger partial charge < -0.3 is 4.98 Å². The summed E-state index contributed by atoms with van der Waals surface area (Å²) in [5.74, 6) is -0.975. The van der Waals surface area contributed by atoms with E-state index in [2.05, 4.69) is 9.97 Å². The second-order valence-electron chi connectivity index (χ2n) is 3.53. The fourth-order valence-electron chi connectivity index (χ4n) is 1.39. The van der Waals surface area contributed by atoms with Crippen molar-refractivity contribution in [2.75, 3.05) is 0 Å². The average molecular weight is 262 g/mol. The molecule has 0 aliphatic heterocycles. The number of hydrogen-bond donors (Lipinski definition) is 1. The van der Waals surface area contributed by atoms with Gasteiger partial charge in [-0.2, -0.15) is 13.2 Å². The molecule has 90 valence electrons. The third-order valence-corrected chi connectivity index (χ3v) is 2.67. The second-order valence-corrected chi connectivity index (χ2v) is 3.94. The van der Waals surface area contributed by atoms with Crippen LogP contribution in [0.15, 0.2) is 12.1 Å². The van der Waals surface area contributed by atoms with Gasteiger partial charge in [-0.25, -0.2) is 9.37 Å². The lowest BCUT2D eigenvalue weighted by molar-refractivity contribution is -0.141. The molecule has 2 rings (SSSR count). The van der Waals surface area contributed by atoms with Crippen LogP contribution in [0.3, 0.4) is 0 Å². The smallest absolute Gasteiger partial charge is 0.330 e. The van der Waals surface area contributed by atoms with E-state index < -0.39 is 17.7 Å². The number of hydrogen-bond acceptors (Lipinski definition) is 2. The van der Waals surface area contributed by atoms with Crippen molar-refractivity contribution >= 4 is 23.3 Å². The normalized spacial score (nSPS) is 12.1. The van der Waals surface area contributed by atoms with Gasteiger partial charge in [-0.3, -0.25) is 0 Å². The minimum Gasteiger partial charge on any atom is -0.330 e. The Hall–Kier alpha value is -1.50. The highest BCUT2D eigenvalue weighted by Gasteiger charge is 2.33. The van der Waals surface area contributed by atoms with Crippen LogP contribution < -0.4 is 0 Å². The van der Waals surface area contributed by atoms with Gasteiger partial charge in [0.05, 0.1) is 5.39 Å². The van der Waals surface area contributed by atoms with Crippen LogP contribution in [0.4, 0.5) is 17.6 Å². The lowest BCUT2D eigenvalue weighted by atomic mass is 10.2. The fraction of sp³-hybridized carbons (Fsp3) is 0.200.